The van der Waals surface area contributed by atoms with Crippen molar-refractivity contribution < 1.29 is 4.39 Å². The lowest BCUT2D eigenvalue weighted by Crippen LogP contribution is -2.30. The van der Waals surface area contributed by atoms with Crippen LogP contribution in [-0.2, 0) is 0 Å². The van der Waals surface area contributed by atoms with Crippen LogP contribution in [0.1, 0.15) is 11.7 Å². The van der Waals surface area contributed by atoms with Crippen molar-refractivity contribution in [2.75, 3.05) is 23.9 Å². The first-order valence-electron chi connectivity index (χ1n) is 5.98. The summed E-state index contributed by atoms with van der Waals surface area (Å²) >= 11 is 0. The number of nitrogens with zero attached hydrogens (tertiary/aromatic N) is 2. The number of fused-ring (bicyclic) bond motifs is 1. The third-order valence-electron chi connectivity index (χ3n) is 3.54. The topological polar surface area (TPSA) is 6.48 Å². The summed E-state index contributed by atoms with van der Waals surface area (Å²) in [6, 6.07) is 15.0. The molecule has 1 aliphatic heterocycles. The minimum atomic E-state index is -0.195. The molecule has 0 aromatic heterocycles. The Morgan fingerprint density at radius 1 is 0.833 bits per heavy atom. The Hall–Kier alpha value is -2.03. The number of rotatable bonds is 1. The van der Waals surface area contributed by atoms with Crippen LogP contribution in [0.15, 0.2) is 48.5 Å². The predicted octanol–water partition coefficient (Wildman–Crippen LogP) is 3.41. The standard InChI is InChI=1S/C15H15FN2/c1-17-13-5-3-4-6-14(13)18(2)15(17)11-7-9-12(16)10-8-11/h3-10,15H,1-2H3. The van der Waals surface area contributed by atoms with Crippen LogP contribution >= 0.6 is 0 Å². The lowest BCUT2D eigenvalue weighted by atomic mass is 10.1. The molecule has 0 atom stereocenters. The van der Waals surface area contributed by atoms with Gasteiger partial charge in [-0.3, -0.25) is 0 Å². The lowest BCUT2D eigenvalue weighted by Gasteiger charge is -2.28. The second-order valence-corrected chi connectivity index (χ2v) is 4.64. The minimum Gasteiger partial charge on any atom is -0.349 e. The van der Waals surface area contributed by atoms with Crippen LogP contribution < -0.4 is 9.80 Å². The van der Waals surface area contributed by atoms with Gasteiger partial charge in [0.15, 0.2) is 0 Å². The Morgan fingerprint density at radius 3 is 1.83 bits per heavy atom. The fourth-order valence-corrected chi connectivity index (χ4v) is 2.67. The van der Waals surface area contributed by atoms with Crippen molar-refractivity contribution in [3.8, 4) is 0 Å². The maximum absolute atomic E-state index is 13.0. The van der Waals surface area contributed by atoms with Crippen LogP contribution in [0.3, 0.4) is 0 Å². The zero-order valence-corrected chi connectivity index (χ0v) is 10.5. The summed E-state index contributed by atoms with van der Waals surface area (Å²) in [5.41, 5.74) is 3.50. The molecule has 0 saturated heterocycles. The largest absolute Gasteiger partial charge is 0.349 e. The van der Waals surface area contributed by atoms with Gasteiger partial charge in [-0.25, -0.2) is 4.39 Å². The van der Waals surface area contributed by atoms with Crippen LogP contribution in [0.2, 0.25) is 0 Å². The molecule has 0 amide bonds. The van der Waals surface area contributed by atoms with E-state index in [1.54, 1.807) is 0 Å². The van der Waals surface area contributed by atoms with Crippen molar-refractivity contribution in [3.63, 3.8) is 0 Å². The van der Waals surface area contributed by atoms with E-state index in [4.69, 9.17) is 0 Å². The second kappa shape index (κ2) is 4.02. The summed E-state index contributed by atoms with van der Waals surface area (Å²) in [6.45, 7) is 0. The van der Waals surface area contributed by atoms with Gasteiger partial charge in [-0.15, -0.1) is 0 Å². The van der Waals surface area contributed by atoms with Crippen molar-refractivity contribution in [1.29, 1.82) is 0 Å². The highest BCUT2D eigenvalue weighted by Gasteiger charge is 2.31. The van der Waals surface area contributed by atoms with Gasteiger partial charge in [-0.2, -0.15) is 0 Å². The fraction of sp³-hybridized carbons (Fsp3) is 0.200. The predicted molar refractivity (Wildman–Crippen MR) is 72.4 cm³/mol. The molecular formula is C15H15FN2. The van der Waals surface area contributed by atoms with E-state index < -0.39 is 0 Å². The molecule has 3 heteroatoms. The van der Waals surface area contributed by atoms with Gasteiger partial charge in [0.2, 0.25) is 0 Å². The number of para-hydroxylation sites is 2. The molecule has 2 nitrogen and oxygen atoms in total. The van der Waals surface area contributed by atoms with Gasteiger partial charge in [-0.05, 0) is 29.8 Å². The van der Waals surface area contributed by atoms with E-state index in [0.29, 0.717) is 0 Å². The van der Waals surface area contributed by atoms with Crippen molar-refractivity contribution in [1.82, 2.24) is 0 Å². The van der Waals surface area contributed by atoms with Crippen LogP contribution in [0, 0.1) is 5.82 Å². The summed E-state index contributed by atoms with van der Waals surface area (Å²) in [5, 5.41) is 0. The smallest absolute Gasteiger partial charge is 0.128 e. The van der Waals surface area contributed by atoms with Crippen LogP contribution in [0.5, 0.6) is 0 Å². The number of hydrogen-bond acceptors (Lipinski definition) is 2. The molecule has 0 radical (unpaired) electrons. The van der Waals surface area contributed by atoms with Gasteiger partial charge < -0.3 is 9.80 Å². The quantitative estimate of drug-likeness (QED) is 0.756. The zero-order chi connectivity index (χ0) is 12.7. The van der Waals surface area contributed by atoms with E-state index in [0.717, 1.165) is 5.56 Å². The molecular weight excluding hydrogens is 227 g/mol. The van der Waals surface area contributed by atoms with Crippen molar-refractivity contribution in [3.05, 3.63) is 59.9 Å². The molecule has 0 N–H and O–H groups in total. The van der Waals surface area contributed by atoms with Gasteiger partial charge in [0.1, 0.15) is 12.0 Å². The highest BCUT2D eigenvalue weighted by Crippen LogP contribution is 2.43. The molecule has 0 aliphatic carbocycles. The molecule has 92 valence electrons. The van der Waals surface area contributed by atoms with Crippen molar-refractivity contribution in [2.24, 2.45) is 0 Å². The SMILES string of the molecule is CN1c2ccccc2N(C)C1c1ccc(F)cc1. The maximum Gasteiger partial charge on any atom is 0.128 e. The molecule has 0 unspecified atom stereocenters. The Labute approximate surface area is 106 Å². The molecule has 0 fully saturated rings. The Kier molecular flexibility index (Phi) is 2.47. The number of anilines is 2. The van der Waals surface area contributed by atoms with Crippen molar-refractivity contribution in [2.45, 2.75) is 6.17 Å². The first kappa shape index (κ1) is 11.1. The summed E-state index contributed by atoms with van der Waals surface area (Å²) in [7, 11) is 4.13. The highest BCUT2D eigenvalue weighted by molar-refractivity contribution is 5.77. The average Bonchev–Trinajstić information content (AvgIpc) is 2.64. The fourth-order valence-electron chi connectivity index (χ4n) is 2.67. The van der Waals surface area contributed by atoms with E-state index in [2.05, 4.69) is 36.0 Å². The molecule has 3 rings (SSSR count). The number of hydrogen-bond donors (Lipinski definition) is 0. The summed E-state index contributed by atoms with van der Waals surface area (Å²) in [6.07, 6.45) is 0.128. The number of benzene rings is 2. The van der Waals surface area contributed by atoms with Crippen LogP contribution in [0.4, 0.5) is 15.8 Å². The Morgan fingerprint density at radius 2 is 1.33 bits per heavy atom. The lowest BCUT2D eigenvalue weighted by molar-refractivity contribution is 0.623. The van der Waals surface area contributed by atoms with Crippen molar-refractivity contribution >= 4 is 11.4 Å². The Bertz CT molecular complexity index is 536. The van der Waals surface area contributed by atoms with Crippen LogP contribution in [-0.4, -0.2) is 14.1 Å². The van der Waals surface area contributed by atoms with Gasteiger partial charge in [0.05, 0.1) is 11.4 Å². The molecule has 2 aromatic carbocycles. The average molecular weight is 242 g/mol. The molecule has 0 bridgehead atoms. The van der Waals surface area contributed by atoms with Gasteiger partial charge >= 0.3 is 0 Å². The van der Waals surface area contributed by atoms with Gasteiger partial charge in [0, 0.05) is 14.1 Å². The molecule has 0 spiro atoms. The van der Waals surface area contributed by atoms with E-state index in [1.807, 2.05) is 24.3 Å². The molecule has 1 aliphatic rings. The third-order valence-corrected chi connectivity index (χ3v) is 3.54. The summed E-state index contributed by atoms with van der Waals surface area (Å²) in [4.78, 5) is 4.42. The first-order valence-corrected chi connectivity index (χ1v) is 5.98. The maximum atomic E-state index is 13.0. The molecule has 0 saturated carbocycles. The highest BCUT2D eigenvalue weighted by atomic mass is 19.1. The first-order chi connectivity index (χ1) is 8.68. The minimum absolute atomic E-state index is 0.128. The normalized spacial score (nSPS) is 15.1. The van der Waals surface area contributed by atoms with E-state index >= 15 is 0 Å². The summed E-state index contributed by atoms with van der Waals surface area (Å²) < 4.78 is 13.0. The Balaban J connectivity index is 2.03. The van der Waals surface area contributed by atoms with Gasteiger partial charge in [-0.1, -0.05) is 24.3 Å². The number of halogens is 1. The monoisotopic (exact) mass is 242 g/mol. The van der Waals surface area contributed by atoms with E-state index in [9.17, 15) is 4.39 Å². The second-order valence-electron chi connectivity index (χ2n) is 4.64. The molecule has 18 heavy (non-hydrogen) atoms. The molecule has 2 aromatic rings. The van der Waals surface area contributed by atoms with E-state index in [1.165, 1.54) is 23.5 Å². The van der Waals surface area contributed by atoms with E-state index in [-0.39, 0.29) is 12.0 Å². The zero-order valence-electron chi connectivity index (χ0n) is 10.5. The van der Waals surface area contributed by atoms with Gasteiger partial charge in [0.25, 0.3) is 0 Å². The molecule has 1 heterocycles. The van der Waals surface area contributed by atoms with Crippen LogP contribution in [0.25, 0.3) is 0 Å². The third kappa shape index (κ3) is 1.55. The summed E-state index contributed by atoms with van der Waals surface area (Å²) in [5.74, 6) is -0.195.